The minimum absolute atomic E-state index is 0. The van der Waals surface area contributed by atoms with Crippen LogP contribution >= 0.6 is 23.7 Å². The van der Waals surface area contributed by atoms with E-state index in [1.54, 1.807) is 4.57 Å². The van der Waals surface area contributed by atoms with Gasteiger partial charge in [-0.05, 0) is 20.4 Å². The molecule has 1 heterocycles. The summed E-state index contributed by atoms with van der Waals surface area (Å²) in [5, 5.41) is 7.89. The summed E-state index contributed by atoms with van der Waals surface area (Å²) in [4.78, 5) is 23.1. The number of aryl methyl sites for hydroxylation is 1. The Kier molecular flexibility index (Phi) is 8.71. The van der Waals surface area contributed by atoms with Crippen molar-refractivity contribution in [3.05, 3.63) is 20.7 Å². The molecule has 1 aromatic rings. The predicted octanol–water partition coefficient (Wildman–Crippen LogP) is 1.14. The first-order valence-electron chi connectivity index (χ1n) is 6.19. The van der Waals surface area contributed by atoms with Gasteiger partial charge in [0.15, 0.2) is 0 Å². The molecule has 2 N–H and O–H groups in total. The quantitative estimate of drug-likeness (QED) is 0.794. The number of hydrogen-bond donors (Lipinski definition) is 2. The average molecular weight is 308 g/mol. The van der Waals surface area contributed by atoms with Gasteiger partial charge in [-0.15, -0.1) is 12.4 Å². The van der Waals surface area contributed by atoms with Gasteiger partial charge in [-0.2, -0.15) is 0 Å². The largest absolute Gasteiger partial charge is 0.354 e. The highest BCUT2D eigenvalue weighted by Crippen LogP contribution is 2.00. The molecular formula is C12H22ClN3O2S. The molecule has 0 bridgehead atoms. The number of amides is 1. The Balaban J connectivity index is 0.00000324. The number of likely N-dealkylation sites (N-methyl/N-ethyl adjacent to an activating group) is 1. The van der Waals surface area contributed by atoms with Gasteiger partial charge in [0.05, 0.1) is 0 Å². The standard InChI is InChI=1S/C12H21N3O2S.ClH/c1-4-13-9(2)7-14-11(16)5-6-15-10(3)8-18-12(15)17;/h8-9,13H,4-7H2,1-3H3,(H,14,16);1H/t9-;/m1./s1. The molecule has 0 aliphatic heterocycles. The minimum atomic E-state index is -0.0164. The van der Waals surface area contributed by atoms with E-state index < -0.39 is 0 Å². The van der Waals surface area contributed by atoms with E-state index in [1.807, 2.05) is 26.2 Å². The normalized spacial score (nSPS) is 11.7. The molecule has 0 aromatic carbocycles. The Morgan fingerprint density at radius 1 is 1.53 bits per heavy atom. The summed E-state index contributed by atoms with van der Waals surface area (Å²) in [7, 11) is 0. The number of halogens is 1. The summed E-state index contributed by atoms with van der Waals surface area (Å²) in [5.41, 5.74) is 0.916. The molecule has 0 unspecified atom stereocenters. The molecule has 5 nitrogen and oxygen atoms in total. The molecule has 1 amide bonds. The highest BCUT2D eigenvalue weighted by Gasteiger charge is 2.07. The molecule has 0 aliphatic rings. The van der Waals surface area contributed by atoms with Gasteiger partial charge >= 0.3 is 4.87 Å². The highest BCUT2D eigenvalue weighted by atomic mass is 35.5. The van der Waals surface area contributed by atoms with Crippen molar-refractivity contribution in [3.63, 3.8) is 0 Å². The van der Waals surface area contributed by atoms with Crippen LogP contribution in [-0.2, 0) is 11.3 Å². The van der Waals surface area contributed by atoms with Gasteiger partial charge in [0.2, 0.25) is 5.91 Å². The van der Waals surface area contributed by atoms with Crippen molar-refractivity contribution in [2.75, 3.05) is 13.1 Å². The van der Waals surface area contributed by atoms with Crippen molar-refractivity contribution in [1.82, 2.24) is 15.2 Å². The maximum Gasteiger partial charge on any atom is 0.307 e. The summed E-state index contributed by atoms with van der Waals surface area (Å²) < 4.78 is 1.64. The van der Waals surface area contributed by atoms with E-state index in [4.69, 9.17) is 0 Å². The summed E-state index contributed by atoms with van der Waals surface area (Å²) in [5.74, 6) is -0.0164. The second-order valence-corrected chi connectivity index (χ2v) is 5.13. The molecule has 0 aliphatic carbocycles. The van der Waals surface area contributed by atoms with E-state index in [0.717, 1.165) is 12.2 Å². The van der Waals surface area contributed by atoms with Crippen molar-refractivity contribution >= 4 is 29.7 Å². The summed E-state index contributed by atoms with van der Waals surface area (Å²) in [6.45, 7) is 7.89. The third-order valence-corrected chi connectivity index (χ3v) is 3.58. The SMILES string of the molecule is CCN[C@H](C)CNC(=O)CCn1c(C)csc1=O.Cl. The Morgan fingerprint density at radius 3 is 2.74 bits per heavy atom. The van der Waals surface area contributed by atoms with E-state index in [2.05, 4.69) is 10.6 Å². The molecule has 0 fully saturated rings. The third-order valence-electron chi connectivity index (χ3n) is 2.70. The number of nitrogens with one attached hydrogen (secondary N) is 2. The number of carbonyl (C=O) groups is 1. The maximum absolute atomic E-state index is 11.6. The van der Waals surface area contributed by atoms with Crippen LogP contribution in [0.1, 0.15) is 26.0 Å². The van der Waals surface area contributed by atoms with Gasteiger partial charge in [-0.25, -0.2) is 0 Å². The number of carbonyl (C=O) groups excluding carboxylic acids is 1. The van der Waals surface area contributed by atoms with Gasteiger partial charge in [-0.3, -0.25) is 9.59 Å². The Bertz CT molecular complexity index is 444. The van der Waals surface area contributed by atoms with Gasteiger partial charge in [0, 0.05) is 36.6 Å². The fourth-order valence-corrected chi connectivity index (χ4v) is 2.42. The van der Waals surface area contributed by atoms with Crippen LogP contribution in [0.2, 0.25) is 0 Å². The highest BCUT2D eigenvalue weighted by molar-refractivity contribution is 7.07. The van der Waals surface area contributed by atoms with Crippen LogP contribution in [0, 0.1) is 6.92 Å². The van der Waals surface area contributed by atoms with E-state index in [-0.39, 0.29) is 29.2 Å². The van der Waals surface area contributed by atoms with Crippen molar-refractivity contribution < 1.29 is 4.79 Å². The lowest BCUT2D eigenvalue weighted by Crippen LogP contribution is -2.39. The molecular weight excluding hydrogens is 286 g/mol. The van der Waals surface area contributed by atoms with Crippen LogP contribution in [0.5, 0.6) is 0 Å². The second kappa shape index (κ2) is 9.12. The third kappa shape index (κ3) is 6.22. The molecule has 1 rings (SSSR count). The molecule has 7 heteroatoms. The number of rotatable bonds is 7. The lowest BCUT2D eigenvalue weighted by molar-refractivity contribution is -0.121. The molecule has 1 atom stereocenters. The molecule has 0 saturated carbocycles. The Hall–Kier alpha value is -0.850. The summed E-state index contributed by atoms with van der Waals surface area (Å²) in [6, 6.07) is 0.268. The van der Waals surface area contributed by atoms with E-state index >= 15 is 0 Å². The zero-order valence-corrected chi connectivity index (χ0v) is 13.2. The molecule has 19 heavy (non-hydrogen) atoms. The number of aromatic nitrogens is 1. The summed E-state index contributed by atoms with van der Waals surface area (Å²) >= 11 is 1.17. The van der Waals surface area contributed by atoms with Crippen molar-refractivity contribution in [2.45, 2.75) is 39.8 Å². The van der Waals surface area contributed by atoms with Gasteiger partial charge in [-0.1, -0.05) is 18.3 Å². The fraction of sp³-hybridized carbons (Fsp3) is 0.667. The molecule has 1 aromatic heterocycles. The van der Waals surface area contributed by atoms with Crippen molar-refractivity contribution in [1.29, 1.82) is 0 Å². The van der Waals surface area contributed by atoms with Crippen LogP contribution in [-0.4, -0.2) is 29.6 Å². The fourth-order valence-electron chi connectivity index (χ4n) is 1.66. The van der Waals surface area contributed by atoms with Gasteiger partial charge < -0.3 is 15.2 Å². The van der Waals surface area contributed by atoms with E-state index in [0.29, 0.717) is 19.5 Å². The Labute approximate surface area is 123 Å². The van der Waals surface area contributed by atoms with Crippen LogP contribution < -0.4 is 15.5 Å². The minimum Gasteiger partial charge on any atom is -0.354 e. The van der Waals surface area contributed by atoms with Crippen LogP contribution in [0.25, 0.3) is 0 Å². The first kappa shape index (κ1) is 18.1. The molecule has 0 saturated heterocycles. The monoisotopic (exact) mass is 307 g/mol. The van der Waals surface area contributed by atoms with Crippen molar-refractivity contribution in [2.24, 2.45) is 0 Å². The lowest BCUT2D eigenvalue weighted by Gasteiger charge is -2.13. The van der Waals surface area contributed by atoms with E-state index in [1.165, 1.54) is 11.3 Å². The molecule has 0 radical (unpaired) electrons. The van der Waals surface area contributed by atoms with Crippen LogP contribution in [0.4, 0.5) is 0 Å². The first-order chi connectivity index (χ1) is 8.54. The topological polar surface area (TPSA) is 63.1 Å². The number of thiazole rings is 1. The zero-order valence-electron chi connectivity index (χ0n) is 11.6. The van der Waals surface area contributed by atoms with E-state index in [9.17, 15) is 9.59 Å². The lowest BCUT2D eigenvalue weighted by atomic mass is 10.3. The van der Waals surface area contributed by atoms with Crippen LogP contribution in [0.3, 0.4) is 0 Å². The smallest absolute Gasteiger partial charge is 0.307 e. The maximum atomic E-state index is 11.6. The zero-order chi connectivity index (χ0) is 13.5. The van der Waals surface area contributed by atoms with Gasteiger partial charge in [0.1, 0.15) is 0 Å². The van der Waals surface area contributed by atoms with Gasteiger partial charge in [0.25, 0.3) is 0 Å². The van der Waals surface area contributed by atoms with Crippen molar-refractivity contribution in [3.8, 4) is 0 Å². The second-order valence-electron chi connectivity index (χ2n) is 4.31. The number of hydrogen-bond acceptors (Lipinski definition) is 4. The molecule has 0 spiro atoms. The van der Waals surface area contributed by atoms with Crippen LogP contribution in [0.15, 0.2) is 10.2 Å². The Morgan fingerprint density at radius 2 is 2.21 bits per heavy atom. The number of nitrogens with zero attached hydrogens (tertiary/aromatic N) is 1. The predicted molar refractivity (Wildman–Crippen MR) is 81.3 cm³/mol. The molecule has 110 valence electrons. The average Bonchev–Trinajstić information content (AvgIpc) is 2.64. The first-order valence-corrected chi connectivity index (χ1v) is 7.07. The summed E-state index contributed by atoms with van der Waals surface area (Å²) in [6.07, 6.45) is 0.344.